The van der Waals surface area contributed by atoms with Crippen LogP contribution in [0.3, 0.4) is 0 Å². The summed E-state index contributed by atoms with van der Waals surface area (Å²) in [6, 6.07) is 40.0. The van der Waals surface area contributed by atoms with Gasteiger partial charge in [0.05, 0.1) is 5.69 Å². The third kappa shape index (κ3) is 15.2. The molecule has 0 aliphatic carbocycles. The van der Waals surface area contributed by atoms with E-state index in [1.54, 1.807) is 0 Å². The number of benzene rings is 5. The second kappa shape index (κ2) is 25.1. The second-order valence-corrected chi connectivity index (χ2v) is 31.0. The summed E-state index contributed by atoms with van der Waals surface area (Å²) in [6.45, 7) is 47.8. The summed E-state index contributed by atoms with van der Waals surface area (Å²) in [5.74, 6) is 5.05. The smallest absolute Gasteiger partial charge is 0.147 e. The molecule has 0 aliphatic rings. The molecule has 0 atom stereocenters. The van der Waals surface area contributed by atoms with Gasteiger partial charge in [0.2, 0.25) is 0 Å². The molecule has 0 amide bonds. The van der Waals surface area contributed by atoms with Gasteiger partial charge in [-0.15, -0.1) is 21.5 Å². The summed E-state index contributed by atoms with van der Waals surface area (Å²) in [6.07, 6.45) is 0. The molecule has 0 fully saturated rings. The van der Waals surface area contributed by atoms with Gasteiger partial charge in [-0.2, -0.15) is 5.10 Å². The molecule has 12 rings (SSSR count). The molecule has 0 saturated carbocycles. The van der Waals surface area contributed by atoms with Gasteiger partial charge in [0.25, 0.3) is 0 Å². The van der Waals surface area contributed by atoms with Gasteiger partial charge >= 0.3 is 0 Å². The Labute approximate surface area is 524 Å². The third-order valence-corrected chi connectivity index (χ3v) is 17.3. The van der Waals surface area contributed by atoms with Gasteiger partial charge in [-0.1, -0.05) is 179 Å². The quantitative estimate of drug-likeness (QED) is 0.151. The van der Waals surface area contributed by atoms with Gasteiger partial charge in [0, 0.05) is 135 Å². The molecule has 7 heterocycles. The molecule has 464 valence electrons. The molecule has 12 heteroatoms. The molecular weight excluding hydrogens is 1090 g/mol. The van der Waals surface area contributed by atoms with Crippen molar-refractivity contribution in [2.45, 2.75) is 185 Å². The number of nitrogens with zero attached hydrogens (tertiary/aromatic N) is 11. The van der Waals surface area contributed by atoms with Gasteiger partial charge in [0.1, 0.15) is 29.1 Å². The van der Waals surface area contributed by atoms with Crippen LogP contribution in [0.5, 0.6) is 0 Å². The highest BCUT2D eigenvalue weighted by molar-refractivity contribution is 7.17. The number of rotatable bonds is 0. The molecule has 11 nitrogen and oxygen atoms in total. The first kappa shape index (κ1) is 67.2. The van der Waals surface area contributed by atoms with Crippen LogP contribution in [0.4, 0.5) is 0 Å². The zero-order valence-electron chi connectivity index (χ0n) is 58.3. The van der Waals surface area contributed by atoms with Gasteiger partial charge in [-0.3, -0.25) is 4.68 Å². The molecule has 0 spiro atoms. The number of fused-ring (bicyclic) bond motifs is 7. The van der Waals surface area contributed by atoms with Crippen LogP contribution < -0.4 is 0 Å². The molecule has 0 radical (unpaired) electrons. The molecule has 12 aromatic rings. The number of imidazole rings is 1. The Morgan fingerprint density at radius 3 is 1.25 bits per heavy atom. The van der Waals surface area contributed by atoms with E-state index in [0.717, 1.165) is 34.8 Å². The molecule has 0 unspecified atom stereocenters. The van der Waals surface area contributed by atoms with Gasteiger partial charge < -0.3 is 22.8 Å². The Bertz CT molecular complexity index is 4320. The zero-order chi connectivity index (χ0) is 64.8. The summed E-state index contributed by atoms with van der Waals surface area (Å²) in [7, 11) is 12.5. The highest BCUT2D eigenvalue weighted by atomic mass is 32.1. The van der Waals surface area contributed by atoms with Crippen LogP contribution in [-0.4, -0.2) is 52.8 Å². The average molecular weight is 1190 g/mol. The van der Waals surface area contributed by atoms with Crippen molar-refractivity contribution in [1.82, 2.24) is 52.8 Å². The first-order valence-electron chi connectivity index (χ1n) is 30.8. The minimum absolute atomic E-state index is 0.0933. The van der Waals surface area contributed by atoms with Crippen molar-refractivity contribution in [2.75, 3.05) is 0 Å². The fourth-order valence-electron chi connectivity index (χ4n) is 11.7. The first-order valence-corrected chi connectivity index (χ1v) is 31.7. The second-order valence-electron chi connectivity index (χ2n) is 30.0. The Morgan fingerprint density at radius 1 is 0.356 bits per heavy atom. The summed E-state index contributed by atoms with van der Waals surface area (Å²) in [4.78, 5) is 8.88. The van der Waals surface area contributed by atoms with Crippen molar-refractivity contribution in [3.05, 3.63) is 172 Å². The molecule has 5 aromatic carbocycles. The molecule has 0 N–H and O–H groups in total. The van der Waals surface area contributed by atoms with Crippen molar-refractivity contribution in [3.63, 3.8) is 0 Å². The van der Waals surface area contributed by atoms with Crippen molar-refractivity contribution < 1.29 is 0 Å². The predicted octanol–water partition coefficient (Wildman–Crippen LogP) is 19.1. The third-order valence-electron chi connectivity index (χ3n) is 16.4. The number of aryl methyl sites for hydroxylation is 7. The lowest BCUT2D eigenvalue weighted by atomic mass is 9.92. The average Bonchev–Trinajstić information content (AvgIpc) is 2.34. The lowest BCUT2D eigenvalue weighted by Gasteiger charge is -2.19. The van der Waals surface area contributed by atoms with Crippen molar-refractivity contribution in [3.8, 4) is 0 Å². The Morgan fingerprint density at radius 2 is 0.828 bits per heavy atom. The van der Waals surface area contributed by atoms with Crippen molar-refractivity contribution in [1.29, 1.82) is 0 Å². The highest BCUT2D eigenvalue weighted by Gasteiger charge is 2.25. The van der Waals surface area contributed by atoms with Crippen molar-refractivity contribution >= 4 is 75.7 Å². The maximum Gasteiger partial charge on any atom is 0.147 e. The SMILES string of the molecule is Cc1nc(C(C)(C)C)n(C)c1C.Cc1nc(C(C)(C)C)n(C)n1.Cc1nnc(C(C)(C)C)n1C.Cn1c(C(C)(C)C)cc2c3ccccc3ccc21.Cn1c(C(C)(C)C)cc2cc3ccccc3cc21.Cn1c(C(C)(C)C)cc2cc3ccsc3cc21. The van der Waals surface area contributed by atoms with E-state index in [4.69, 9.17) is 0 Å². The summed E-state index contributed by atoms with van der Waals surface area (Å²) in [5, 5.41) is 25.1. The first-order chi connectivity index (χ1) is 40.1. The van der Waals surface area contributed by atoms with Gasteiger partial charge in [-0.05, 0) is 115 Å². The number of aromatic nitrogens is 11. The molecule has 0 bridgehead atoms. The summed E-state index contributed by atoms with van der Waals surface area (Å²) < 4.78 is 14.4. The van der Waals surface area contributed by atoms with E-state index in [9.17, 15) is 0 Å². The van der Waals surface area contributed by atoms with E-state index in [1.165, 1.54) is 87.1 Å². The fourth-order valence-corrected chi connectivity index (χ4v) is 12.5. The van der Waals surface area contributed by atoms with Crippen LogP contribution in [0.15, 0.2) is 115 Å². The Balaban J connectivity index is 0.000000151. The van der Waals surface area contributed by atoms with Crippen LogP contribution in [0.2, 0.25) is 0 Å². The fraction of sp³-hybridized carbons (Fsp3) is 0.453. The molecule has 7 aromatic heterocycles. The van der Waals surface area contributed by atoms with E-state index in [-0.39, 0.29) is 32.5 Å². The highest BCUT2D eigenvalue weighted by Crippen LogP contribution is 2.36. The maximum absolute atomic E-state index is 4.54. The van der Waals surface area contributed by atoms with Crippen LogP contribution in [0.25, 0.3) is 64.3 Å². The topological polar surface area (TPSA) is 94.0 Å². The minimum Gasteiger partial charge on any atom is -0.347 e. The molecule has 87 heavy (non-hydrogen) atoms. The normalized spacial score (nSPS) is 12.4. The van der Waals surface area contributed by atoms with E-state index in [0.29, 0.717) is 0 Å². The Kier molecular flexibility index (Phi) is 19.4. The van der Waals surface area contributed by atoms with Crippen LogP contribution in [0.1, 0.15) is 182 Å². The van der Waals surface area contributed by atoms with E-state index in [1.807, 2.05) is 48.5 Å². The number of thiophene rings is 1. The number of hydrogen-bond donors (Lipinski definition) is 0. The monoisotopic (exact) mass is 1190 g/mol. The minimum atomic E-state index is 0.0933. The molecule has 0 aliphatic heterocycles. The predicted molar refractivity (Wildman–Crippen MR) is 376 cm³/mol. The van der Waals surface area contributed by atoms with E-state index >= 15 is 0 Å². The summed E-state index contributed by atoms with van der Waals surface area (Å²) >= 11 is 1.81. The molecular formula is C75H103N11S. The lowest BCUT2D eigenvalue weighted by molar-refractivity contribution is 0.506. The largest absolute Gasteiger partial charge is 0.347 e. The summed E-state index contributed by atoms with van der Waals surface area (Å²) in [5.41, 5.74) is 11.4. The Hall–Kier alpha value is -7.31. The van der Waals surface area contributed by atoms with Crippen LogP contribution >= 0.6 is 11.3 Å². The van der Waals surface area contributed by atoms with Crippen molar-refractivity contribution in [2.24, 2.45) is 42.3 Å². The number of hydrogen-bond acceptors (Lipinski definition) is 6. The van der Waals surface area contributed by atoms with Gasteiger partial charge in [0.15, 0.2) is 0 Å². The zero-order valence-corrected chi connectivity index (χ0v) is 59.1. The lowest BCUT2D eigenvalue weighted by Crippen LogP contribution is -2.17. The van der Waals surface area contributed by atoms with Crippen LogP contribution in [0, 0.1) is 27.7 Å². The molecule has 0 saturated heterocycles. The van der Waals surface area contributed by atoms with E-state index in [2.05, 4.69) is 325 Å². The van der Waals surface area contributed by atoms with Gasteiger partial charge in [-0.25, -0.2) is 9.97 Å². The van der Waals surface area contributed by atoms with Crippen LogP contribution in [-0.2, 0) is 74.8 Å². The standard InChI is InChI=1S/2C17H19N.C15H17NS.C10H18N2.2C8H15N3/c1-17(2,3)16-11-14-9-12-7-5-6-8-13(12)10-15(14)18(16)4;1-17(2,3)16-11-14-13-8-6-5-7-12(13)9-10-15(14)18(16)4;1-15(2,3)14-8-11-7-10-5-6-17-13(10)9-12(11)16(14)4;1-7-8(2)12(6)9(11-7)10(3,4)5;1-6-9-10-7(11(6)5)8(2,3)4;1-6-9-7(8(2,3)4)11(5)10-6/h2*5-11H,1-4H3;5-9H,1-4H3;1-6H3;2*1-5H3. The maximum atomic E-state index is 4.54. The van der Waals surface area contributed by atoms with E-state index < -0.39 is 0 Å².